The molecule has 0 atom stereocenters. The monoisotopic (exact) mass is 717 g/mol. The number of amides is 1. The second-order valence-electron chi connectivity index (χ2n) is 13.3. The third kappa shape index (κ3) is 7.70. The van der Waals surface area contributed by atoms with Crippen LogP contribution in [0.3, 0.4) is 0 Å². The lowest BCUT2D eigenvalue weighted by Crippen LogP contribution is -2.29. The average Bonchev–Trinajstić information content (AvgIpc) is 3.55. The van der Waals surface area contributed by atoms with Crippen LogP contribution in [0, 0.1) is 27.7 Å². The SMILES string of the molecule is Cc1cc(OCCCC2=C(C(=O)Nc3ccc(C(=O)O)c(N(C)CCN(C)C)c3)Cc3c2ccc(Cl)c3-c2c(C)nn(C)c2C)cc(C)c1Cl. The van der Waals surface area contributed by atoms with Gasteiger partial charge < -0.3 is 25.0 Å². The summed E-state index contributed by atoms with van der Waals surface area (Å²) in [6, 6.07) is 12.7. The van der Waals surface area contributed by atoms with E-state index >= 15 is 0 Å². The van der Waals surface area contributed by atoms with Crippen molar-refractivity contribution in [2.75, 3.05) is 51.1 Å². The first-order chi connectivity index (χ1) is 23.7. The van der Waals surface area contributed by atoms with Crippen molar-refractivity contribution < 1.29 is 19.4 Å². The lowest BCUT2D eigenvalue weighted by Gasteiger charge is -2.24. The number of rotatable bonds is 13. The highest BCUT2D eigenvalue weighted by atomic mass is 35.5. The molecule has 264 valence electrons. The van der Waals surface area contributed by atoms with Crippen molar-refractivity contribution in [3.8, 4) is 16.9 Å². The number of carboxylic acids is 1. The van der Waals surface area contributed by atoms with E-state index in [1.807, 2.05) is 94.6 Å². The third-order valence-corrected chi connectivity index (χ3v) is 10.3. The maximum atomic E-state index is 14.2. The van der Waals surface area contributed by atoms with E-state index in [1.54, 1.807) is 18.2 Å². The van der Waals surface area contributed by atoms with Crippen molar-refractivity contribution >= 4 is 52.0 Å². The van der Waals surface area contributed by atoms with E-state index in [1.165, 1.54) is 0 Å². The molecule has 50 heavy (non-hydrogen) atoms. The number of carboxylic acid groups (broad SMARTS) is 1. The summed E-state index contributed by atoms with van der Waals surface area (Å²) in [5.41, 5.74) is 10.4. The van der Waals surface area contributed by atoms with Crippen LogP contribution < -0.4 is 15.0 Å². The van der Waals surface area contributed by atoms with Crippen LogP contribution >= 0.6 is 23.2 Å². The van der Waals surface area contributed by atoms with Gasteiger partial charge in [0.05, 0.1) is 23.6 Å². The second kappa shape index (κ2) is 15.3. The van der Waals surface area contributed by atoms with Crippen molar-refractivity contribution in [2.24, 2.45) is 7.05 Å². The number of aryl methyl sites for hydroxylation is 4. The van der Waals surface area contributed by atoms with E-state index in [-0.39, 0.29) is 11.5 Å². The number of anilines is 2. The van der Waals surface area contributed by atoms with Gasteiger partial charge in [0.15, 0.2) is 0 Å². The number of aromatic nitrogens is 2. The van der Waals surface area contributed by atoms with Crippen LogP contribution in [0.15, 0.2) is 48.0 Å². The molecule has 1 amide bonds. The molecule has 3 aromatic carbocycles. The highest BCUT2D eigenvalue weighted by molar-refractivity contribution is 6.34. The number of carbonyl (C=O) groups excluding carboxylic acids is 1. The van der Waals surface area contributed by atoms with Gasteiger partial charge in [-0.2, -0.15) is 5.10 Å². The Kier molecular flexibility index (Phi) is 11.3. The zero-order valence-electron chi connectivity index (χ0n) is 30.0. The molecular formula is C39H45Cl2N5O4. The Hall–Kier alpha value is -4.31. The molecule has 1 aliphatic rings. The number of allylic oxidation sites excluding steroid dienone is 1. The summed E-state index contributed by atoms with van der Waals surface area (Å²) in [5, 5.41) is 19.0. The van der Waals surface area contributed by atoms with Crippen LogP contribution in [0.2, 0.25) is 10.0 Å². The van der Waals surface area contributed by atoms with Gasteiger partial charge in [0, 0.05) is 71.7 Å². The van der Waals surface area contributed by atoms with Gasteiger partial charge in [0.1, 0.15) is 5.75 Å². The molecule has 0 fully saturated rings. The van der Waals surface area contributed by atoms with E-state index in [2.05, 4.69) is 10.4 Å². The van der Waals surface area contributed by atoms with Gasteiger partial charge in [-0.3, -0.25) is 9.48 Å². The molecule has 5 rings (SSSR count). The summed E-state index contributed by atoms with van der Waals surface area (Å²) in [6.07, 6.45) is 1.66. The van der Waals surface area contributed by atoms with E-state index in [9.17, 15) is 14.7 Å². The minimum Gasteiger partial charge on any atom is -0.494 e. The number of nitrogens with one attached hydrogen (secondary N) is 1. The molecule has 1 aromatic heterocycles. The zero-order valence-corrected chi connectivity index (χ0v) is 31.5. The van der Waals surface area contributed by atoms with Gasteiger partial charge in [-0.1, -0.05) is 29.3 Å². The molecule has 0 unspecified atom stereocenters. The fourth-order valence-electron chi connectivity index (χ4n) is 6.65. The topological polar surface area (TPSA) is 99.9 Å². The summed E-state index contributed by atoms with van der Waals surface area (Å²) in [7, 11) is 7.70. The van der Waals surface area contributed by atoms with Crippen LogP contribution in [0.5, 0.6) is 5.75 Å². The predicted octanol–water partition coefficient (Wildman–Crippen LogP) is 8.13. The number of fused-ring (bicyclic) bond motifs is 1. The van der Waals surface area contributed by atoms with Gasteiger partial charge >= 0.3 is 5.97 Å². The Morgan fingerprint density at radius 1 is 0.980 bits per heavy atom. The van der Waals surface area contributed by atoms with E-state index in [0.717, 1.165) is 67.7 Å². The largest absolute Gasteiger partial charge is 0.494 e. The molecule has 0 saturated carbocycles. The first-order valence-corrected chi connectivity index (χ1v) is 17.4. The van der Waals surface area contributed by atoms with Crippen molar-refractivity contribution in [3.05, 3.63) is 97.3 Å². The van der Waals surface area contributed by atoms with Gasteiger partial charge in [-0.25, -0.2) is 4.79 Å². The molecule has 9 nitrogen and oxygen atoms in total. The minimum atomic E-state index is -1.03. The summed E-state index contributed by atoms with van der Waals surface area (Å²) in [6.45, 7) is 9.72. The average molecular weight is 719 g/mol. The maximum absolute atomic E-state index is 14.2. The third-order valence-electron chi connectivity index (χ3n) is 9.37. The predicted molar refractivity (Wildman–Crippen MR) is 203 cm³/mol. The minimum absolute atomic E-state index is 0.171. The fourth-order valence-corrected chi connectivity index (χ4v) is 7.03. The Morgan fingerprint density at radius 3 is 2.30 bits per heavy atom. The standard InChI is InChI=1S/C39H45Cl2N5O4/c1-22-18-27(19-23(2)37(22)41)50-17-9-10-28-29-13-14-33(40)36(35-24(3)43-46(8)25(35)4)31(29)21-32(28)38(47)42-26-11-12-30(39(48)49)34(20-26)45(7)16-15-44(5)6/h11-14,18-20H,9-10,15-17,21H2,1-8H3,(H,42,47)(H,48,49). The Morgan fingerprint density at radius 2 is 1.68 bits per heavy atom. The van der Waals surface area contributed by atoms with Gasteiger partial charge in [-0.05, 0) is 119 Å². The van der Waals surface area contributed by atoms with Crippen molar-refractivity contribution in [1.82, 2.24) is 14.7 Å². The van der Waals surface area contributed by atoms with E-state index in [0.29, 0.717) is 54.4 Å². The maximum Gasteiger partial charge on any atom is 0.337 e. The summed E-state index contributed by atoms with van der Waals surface area (Å²) >= 11 is 13.3. The van der Waals surface area contributed by atoms with E-state index < -0.39 is 5.97 Å². The number of hydrogen-bond acceptors (Lipinski definition) is 6. The number of halogens is 2. The molecule has 0 saturated heterocycles. The first-order valence-electron chi connectivity index (χ1n) is 16.7. The Bertz CT molecular complexity index is 1980. The molecule has 2 N–H and O–H groups in total. The van der Waals surface area contributed by atoms with E-state index in [4.69, 9.17) is 27.9 Å². The Balaban J connectivity index is 1.48. The fraction of sp³-hybridized carbons (Fsp3) is 0.359. The first kappa shape index (κ1) is 37.0. The molecule has 0 aliphatic heterocycles. The molecule has 1 aliphatic carbocycles. The van der Waals surface area contributed by atoms with Crippen LogP contribution in [-0.2, 0) is 18.3 Å². The van der Waals surface area contributed by atoms with Gasteiger partial charge in [-0.15, -0.1) is 0 Å². The number of nitrogens with zero attached hydrogens (tertiary/aromatic N) is 4. The molecule has 0 bridgehead atoms. The molecule has 1 heterocycles. The summed E-state index contributed by atoms with van der Waals surface area (Å²) < 4.78 is 7.99. The number of ether oxygens (including phenoxy) is 1. The lowest BCUT2D eigenvalue weighted by molar-refractivity contribution is -0.112. The van der Waals surface area contributed by atoms with Crippen LogP contribution in [0.25, 0.3) is 16.7 Å². The Labute approximate surface area is 304 Å². The zero-order chi connectivity index (χ0) is 36.4. The number of hydrogen-bond donors (Lipinski definition) is 2. The quantitative estimate of drug-likeness (QED) is 0.135. The van der Waals surface area contributed by atoms with Gasteiger partial charge in [0.2, 0.25) is 0 Å². The van der Waals surface area contributed by atoms with Crippen molar-refractivity contribution in [1.29, 1.82) is 0 Å². The normalized spacial score (nSPS) is 12.5. The molecule has 11 heteroatoms. The molecule has 4 aromatic rings. The summed E-state index contributed by atoms with van der Waals surface area (Å²) in [5.74, 6) is -0.508. The second-order valence-corrected chi connectivity index (χ2v) is 14.1. The summed E-state index contributed by atoms with van der Waals surface area (Å²) in [4.78, 5) is 30.3. The highest BCUT2D eigenvalue weighted by Gasteiger charge is 2.31. The molecule has 0 radical (unpaired) electrons. The number of carbonyl (C=O) groups is 2. The van der Waals surface area contributed by atoms with Crippen LogP contribution in [0.1, 0.15) is 56.8 Å². The molecule has 0 spiro atoms. The van der Waals surface area contributed by atoms with Crippen LogP contribution in [0.4, 0.5) is 11.4 Å². The smallest absolute Gasteiger partial charge is 0.337 e. The molecular weight excluding hydrogens is 673 g/mol. The highest BCUT2D eigenvalue weighted by Crippen LogP contribution is 2.46. The number of benzene rings is 3. The van der Waals surface area contributed by atoms with Gasteiger partial charge in [0.25, 0.3) is 5.91 Å². The number of aromatic carboxylic acids is 1. The lowest BCUT2D eigenvalue weighted by atomic mass is 9.93. The number of likely N-dealkylation sites (N-methyl/N-ethyl adjacent to an activating group) is 2. The van der Waals surface area contributed by atoms with Crippen LogP contribution in [-0.4, -0.2) is 72.5 Å². The van der Waals surface area contributed by atoms with Crippen molar-refractivity contribution in [3.63, 3.8) is 0 Å². The van der Waals surface area contributed by atoms with Crippen molar-refractivity contribution in [2.45, 2.75) is 47.0 Å².